The topological polar surface area (TPSA) is 166 Å². The molecule has 0 radical (unpaired) electrons. The molecule has 59 heavy (non-hydrogen) atoms. The van der Waals surface area contributed by atoms with E-state index >= 15 is 4.79 Å². The molecule has 7 rings (SSSR count). The maximum absolute atomic E-state index is 15.5. The standard InChI is InChI=1S/C48H55NO10/c1-27-25-34-23-24-47(34,55)39-41(59-44(54)33-21-15-10-16-22-33)48(56)26-35(28(2)36(45(48,5)6)38(57-30(4)50)40(51)46(27,39)7)58-43(53)29(3)37(31-17-11-8-12-18-31)49-42(52)32-19-13-9-14-20-32/h8-22,27,29,34-35,37-39,41,55-56H,23-26H2,1-7H3,(H,49,52)/t27-,29+,34?,35-,37+,38+,39-,41-,46+,47-,48+/m0/s1. The van der Waals surface area contributed by atoms with Crippen LogP contribution in [-0.2, 0) is 28.6 Å². The highest BCUT2D eigenvalue weighted by Gasteiger charge is 2.75. The van der Waals surface area contributed by atoms with Gasteiger partial charge in [0.2, 0.25) is 0 Å². The van der Waals surface area contributed by atoms with Crippen LogP contribution in [0, 0.1) is 34.5 Å². The van der Waals surface area contributed by atoms with Crippen molar-refractivity contribution in [1.82, 2.24) is 5.32 Å². The highest BCUT2D eigenvalue weighted by atomic mass is 16.6. The zero-order valence-electron chi connectivity index (χ0n) is 34.8. The van der Waals surface area contributed by atoms with Crippen LogP contribution in [0.15, 0.2) is 102 Å². The smallest absolute Gasteiger partial charge is 0.338 e. The number of rotatable bonds is 9. The average Bonchev–Trinajstić information content (AvgIpc) is 3.21. The second-order valence-electron chi connectivity index (χ2n) is 18.0. The number of fused-ring (bicyclic) bond motifs is 5. The number of ketones is 1. The second-order valence-corrected chi connectivity index (χ2v) is 18.0. The molecule has 3 saturated carbocycles. The van der Waals surface area contributed by atoms with Crippen LogP contribution in [0.1, 0.15) is 106 Å². The van der Waals surface area contributed by atoms with E-state index in [4.69, 9.17) is 14.2 Å². The largest absolute Gasteiger partial charge is 0.457 e. The summed E-state index contributed by atoms with van der Waals surface area (Å²) in [6.07, 6.45) is -3.01. The highest BCUT2D eigenvalue weighted by Crippen LogP contribution is 2.67. The van der Waals surface area contributed by atoms with Crippen molar-refractivity contribution in [3.05, 3.63) is 119 Å². The first-order valence-corrected chi connectivity index (χ1v) is 20.6. The summed E-state index contributed by atoms with van der Waals surface area (Å²) in [5.74, 6) is -5.78. The fourth-order valence-electron chi connectivity index (χ4n) is 10.8. The molecule has 4 aliphatic carbocycles. The number of carbonyl (C=O) groups excluding carboxylic acids is 5. The lowest BCUT2D eigenvalue weighted by atomic mass is 9.39. The van der Waals surface area contributed by atoms with Crippen LogP contribution < -0.4 is 5.32 Å². The number of esters is 3. The quantitative estimate of drug-likeness (QED) is 0.120. The van der Waals surface area contributed by atoms with Crippen molar-refractivity contribution in [2.45, 2.75) is 110 Å². The van der Waals surface area contributed by atoms with Gasteiger partial charge in [0, 0.05) is 35.7 Å². The van der Waals surface area contributed by atoms with Crippen LogP contribution in [0.3, 0.4) is 0 Å². The Labute approximate surface area is 345 Å². The molecule has 11 heteroatoms. The van der Waals surface area contributed by atoms with Gasteiger partial charge in [0.05, 0.1) is 23.1 Å². The number of ether oxygens (including phenoxy) is 3. The summed E-state index contributed by atoms with van der Waals surface area (Å²) in [5, 5.41) is 29.4. The molecule has 0 heterocycles. The molecule has 11 atom stereocenters. The molecule has 3 fully saturated rings. The molecule has 3 aromatic carbocycles. The Bertz CT molecular complexity index is 2150. The Morgan fingerprint density at radius 1 is 0.831 bits per heavy atom. The SMILES string of the molecule is CC(=O)O[C@H]1C(=O)[C@]2(C)[C@@H](C)CC3CC[C@@]3(O)[C@H]2[C@H](OC(=O)c2ccccc2)[C@]2(O)C[C@H](OC(=O)[C@H](C)[C@@H](NC(=O)c3ccccc3)c3ccccc3)C(C)=C1C2(C)C. The van der Waals surface area contributed by atoms with Crippen molar-refractivity contribution >= 4 is 29.6 Å². The predicted octanol–water partition coefficient (Wildman–Crippen LogP) is 6.73. The first kappa shape index (κ1) is 42.0. The van der Waals surface area contributed by atoms with Crippen molar-refractivity contribution < 1.29 is 48.4 Å². The van der Waals surface area contributed by atoms with E-state index < -0.39 is 87.8 Å². The van der Waals surface area contributed by atoms with Crippen LogP contribution >= 0.6 is 0 Å². The fourth-order valence-corrected chi connectivity index (χ4v) is 10.8. The lowest BCUT2D eigenvalue weighted by molar-refractivity contribution is -0.284. The first-order chi connectivity index (χ1) is 27.9. The fraction of sp³-hybridized carbons (Fsp3) is 0.479. The number of benzene rings is 3. The van der Waals surface area contributed by atoms with Gasteiger partial charge in [-0.2, -0.15) is 0 Å². The third-order valence-electron chi connectivity index (χ3n) is 14.6. The number of hydrogen-bond acceptors (Lipinski definition) is 10. The Morgan fingerprint density at radius 3 is 1.97 bits per heavy atom. The van der Waals surface area contributed by atoms with Gasteiger partial charge < -0.3 is 29.7 Å². The maximum Gasteiger partial charge on any atom is 0.338 e. The molecule has 1 amide bonds. The Balaban J connectivity index is 1.36. The molecule has 0 saturated heterocycles. The average molecular weight is 806 g/mol. The van der Waals surface area contributed by atoms with Gasteiger partial charge in [0.25, 0.3) is 5.91 Å². The first-order valence-electron chi connectivity index (χ1n) is 20.6. The van der Waals surface area contributed by atoms with Gasteiger partial charge in [-0.1, -0.05) is 94.4 Å². The zero-order valence-corrected chi connectivity index (χ0v) is 34.8. The lowest BCUT2D eigenvalue weighted by Gasteiger charge is -2.68. The molecule has 1 unspecified atom stereocenters. The molecule has 0 spiro atoms. The number of carbonyl (C=O) groups is 5. The summed E-state index contributed by atoms with van der Waals surface area (Å²) < 4.78 is 18.9. The third kappa shape index (κ3) is 6.89. The summed E-state index contributed by atoms with van der Waals surface area (Å²) in [5.41, 5.74) is -4.58. The summed E-state index contributed by atoms with van der Waals surface area (Å²) in [7, 11) is 0. The van der Waals surface area contributed by atoms with Gasteiger partial charge in [-0.15, -0.1) is 0 Å². The van der Waals surface area contributed by atoms with Crippen LogP contribution in [0.4, 0.5) is 0 Å². The van der Waals surface area contributed by atoms with E-state index in [1.807, 2.05) is 13.0 Å². The minimum absolute atomic E-state index is 0.215. The van der Waals surface area contributed by atoms with Crippen molar-refractivity contribution in [2.24, 2.45) is 34.5 Å². The Morgan fingerprint density at radius 2 is 1.41 bits per heavy atom. The van der Waals surface area contributed by atoms with E-state index in [9.17, 15) is 29.4 Å². The van der Waals surface area contributed by atoms with Gasteiger partial charge >= 0.3 is 17.9 Å². The molecule has 4 aliphatic rings. The molecule has 3 aromatic rings. The lowest BCUT2D eigenvalue weighted by Crippen LogP contribution is -2.77. The van der Waals surface area contributed by atoms with E-state index in [1.54, 1.807) is 120 Å². The molecule has 11 nitrogen and oxygen atoms in total. The number of nitrogens with one attached hydrogen (secondary N) is 1. The van der Waals surface area contributed by atoms with Crippen molar-refractivity contribution in [3.8, 4) is 0 Å². The second kappa shape index (κ2) is 15.5. The molecule has 312 valence electrons. The van der Waals surface area contributed by atoms with Gasteiger partial charge in [-0.05, 0) is 85.9 Å². The van der Waals surface area contributed by atoms with E-state index in [-0.39, 0.29) is 29.4 Å². The zero-order chi connectivity index (χ0) is 42.7. The minimum atomic E-state index is -2.10. The van der Waals surface area contributed by atoms with Crippen molar-refractivity contribution in [3.63, 3.8) is 0 Å². The molecular weight excluding hydrogens is 751 g/mol. The Kier molecular flexibility index (Phi) is 11.0. The summed E-state index contributed by atoms with van der Waals surface area (Å²) in [6.45, 7) is 11.6. The third-order valence-corrected chi connectivity index (χ3v) is 14.6. The van der Waals surface area contributed by atoms with Gasteiger partial charge in [-0.3, -0.25) is 19.2 Å². The predicted molar refractivity (Wildman–Crippen MR) is 217 cm³/mol. The van der Waals surface area contributed by atoms with Crippen LogP contribution in [0.2, 0.25) is 0 Å². The summed E-state index contributed by atoms with van der Waals surface area (Å²) >= 11 is 0. The number of aliphatic hydroxyl groups is 2. The van der Waals surface area contributed by atoms with Gasteiger partial charge in [0.1, 0.15) is 17.8 Å². The normalized spacial score (nSPS) is 33.0. The van der Waals surface area contributed by atoms with E-state index in [0.717, 1.165) is 0 Å². The van der Waals surface area contributed by atoms with Gasteiger partial charge in [-0.25, -0.2) is 4.79 Å². The van der Waals surface area contributed by atoms with E-state index in [0.29, 0.717) is 36.0 Å². The van der Waals surface area contributed by atoms with Crippen molar-refractivity contribution in [2.75, 3.05) is 0 Å². The highest BCUT2D eigenvalue weighted by molar-refractivity contribution is 5.96. The number of hydrogen-bond donors (Lipinski definition) is 3. The van der Waals surface area contributed by atoms with E-state index in [1.165, 1.54) is 6.92 Å². The van der Waals surface area contributed by atoms with Crippen molar-refractivity contribution in [1.29, 1.82) is 0 Å². The summed E-state index contributed by atoms with van der Waals surface area (Å²) in [4.78, 5) is 70.7. The number of Topliss-reactive ketones (excluding diaryl/α,β-unsaturated/α-hetero) is 1. The van der Waals surface area contributed by atoms with Crippen LogP contribution in [-0.4, -0.2) is 69.3 Å². The monoisotopic (exact) mass is 805 g/mol. The molecule has 3 N–H and O–H groups in total. The molecule has 2 bridgehead atoms. The molecule has 0 aliphatic heterocycles. The van der Waals surface area contributed by atoms with Crippen LogP contribution in [0.25, 0.3) is 0 Å². The molecular formula is C48H55NO10. The maximum atomic E-state index is 15.5. The molecule has 0 aromatic heterocycles. The summed E-state index contributed by atoms with van der Waals surface area (Å²) in [6, 6.07) is 25.2. The number of amides is 1. The Hall–Kier alpha value is -5.13. The van der Waals surface area contributed by atoms with Gasteiger partial charge in [0.15, 0.2) is 11.9 Å². The van der Waals surface area contributed by atoms with E-state index in [2.05, 4.69) is 5.32 Å². The minimum Gasteiger partial charge on any atom is -0.457 e. The van der Waals surface area contributed by atoms with Crippen LogP contribution in [0.5, 0.6) is 0 Å².